The topological polar surface area (TPSA) is 110 Å². The van der Waals surface area contributed by atoms with Crippen LogP contribution in [-0.2, 0) is 11.3 Å². The van der Waals surface area contributed by atoms with Crippen molar-refractivity contribution in [1.82, 2.24) is 20.2 Å². The van der Waals surface area contributed by atoms with Crippen molar-refractivity contribution in [3.63, 3.8) is 0 Å². The maximum absolute atomic E-state index is 12.1. The number of thioether (sulfide) groups is 1. The van der Waals surface area contributed by atoms with E-state index in [0.29, 0.717) is 16.7 Å². The molecule has 0 aliphatic rings. The molecular formula is C19H20ClN7OS. The Morgan fingerprint density at radius 3 is 2.76 bits per heavy atom. The van der Waals surface area contributed by atoms with Crippen LogP contribution in [-0.4, -0.2) is 32.7 Å². The number of rotatable bonds is 8. The van der Waals surface area contributed by atoms with Gasteiger partial charge < -0.3 is 11.2 Å². The van der Waals surface area contributed by atoms with E-state index >= 15 is 0 Å². The second-order valence-corrected chi connectivity index (χ2v) is 7.47. The van der Waals surface area contributed by atoms with Gasteiger partial charge in [-0.1, -0.05) is 71.4 Å². The van der Waals surface area contributed by atoms with E-state index in [2.05, 4.69) is 26.0 Å². The minimum Gasteiger partial charge on any atom is -0.351 e. The van der Waals surface area contributed by atoms with E-state index in [1.54, 1.807) is 12.3 Å². The fourth-order valence-corrected chi connectivity index (χ4v) is 3.15. The maximum atomic E-state index is 12.1. The average molecular weight is 430 g/mol. The van der Waals surface area contributed by atoms with Crippen LogP contribution >= 0.6 is 23.4 Å². The Hall–Kier alpha value is -3.04. The van der Waals surface area contributed by atoms with Gasteiger partial charge in [-0.05, 0) is 18.6 Å². The summed E-state index contributed by atoms with van der Waals surface area (Å²) < 4.78 is 1.24. The van der Waals surface area contributed by atoms with Gasteiger partial charge in [-0.15, -0.1) is 10.2 Å². The number of nitrogens with two attached hydrogens (primary N) is 1. The average Bonchev–Trinajstić information content (AvgIpc) is 3.07. The summed E-state index contributed by atoms with van der Waals surface area (Å²) in [5.74, 6) is 6.25. The normalized spacial score (nSPS) is 11.0. The third-order valence-electron chi connectivity index (χ3n) is 3.88. The molecule has 150 valence electrons. The van der Waals surface area contributed by atoms with Gasteiger partial charge in [0.15, 0.2) is 0 Å². The van der Waals surface area contributed by atoms with Gasteiger partial charge >= 0.3 is 0 Å². The lowest BCUT2D eigenvalue weighted by Gasteiger charge is -2.06. The molecule has 3 aromatic rings. The number of anilines is 1. The van der Waals surface area contributed by atoms with Crippen molar-refractivity contribution < 1.29 is 4.79 Å². The molecule has 0 atom stereocenters. The molecule has 2 aromatic carbocycles. The van der Waals surface area contributed by atoms with Gasteiger partial charge in [0.2, 0.25) is 11.1 Å². The van der Waals surface area contributed by atoms with Crippen molar-refractivity contribution >= 4 is 41.4 Å². The van der Waals surface area contributed by atoms with E-state index in [9.17, 15) is 4.79 Å². The van der Waals surface area contributed by atoms with E-state index < -0.39 is 0 Å². The summed E-state index contributed by atoms with van der Waals surface area (Å²) in [6.45, 7) is 2.49. The molecule has 0 saturated carbocycles. The summed E-state index contributed by atoms with van der Waals surface area (Å²) in [6, 6.07) is 15.3. The molecule has 0 bridgehead atoms. The quantitative estimate of drug-likeness (QED) is 0.220. The summed E-state index contributed by atoms with van der Waals surface area (Å²) in [6.07, 6.45) is 1.56. The molecule has 1 aromatic heterocycles. The standard InChI is InChI=1S/C19H20ClN7OS/c1-13-6-8-14(9-7-13)10-22-17(28)12-29-19-26-25-18(27(19)21)24-23-11-15-4-2-3-5-16(15)20/h2-9,11H,10,12,21H2,1H3,(H,22,28)(H,24,25)/b23-11+. The lowest BCUT2D eigenvalue weighted by Crippen LogP contribution is -2.25. The summed E-state index contributed by atoms with van der Waals surface area (Å²) in [4.78, 5) is 12.1. The summed E-state index contributed by atoms with van der Waals surface area (Å²) in [5.41, 5.74) is 5.68. The number of aryl methyl sites for hydroxylation is 1. The van der Waals surface area contributed by atoms with Gasteiger partial charge in [0.25, 0.3) is 5.95 Å². The molecular weight excluding hydrogens is 410 g/mol. The largest absolute Gasteiger partial charge is 0.351 e. The molecule has 8 nitrogen and oxygen atoms in total. The van der Waals surface area contributed by atoms with Crippen LogP contribution in [0.15, 0.2) is 58.8 Å². The number of halogens is 1. The SMILES string of the molecule is Cc1ccc(CNC(=O)CSc2nnc(N/N=C/c3ccccc3Cl)n2N)cc1. The second-order valence-electron chi connectivity index (χ2n) is 6.12. The molecule has 0 spiro atoms. The number of carbonyl (C=O) groups is 1. The Balaban J connectivity index is 1.48. The van der Waals surface area contributed by atoms with Crippen LogP contribution < -0.4 is 16.6 Å². The highest BCUT2D eigenvalue weighted by Crippen LogP contribution is 2.17. The molecule has 0 radical (unpaired) electrons. The molecule has 0 aliphatic heterocycles. The third kappa shape index (κ3) is 5.97. The van der Waals surface area contributed by atoms with Gasteiger partial charge in [0.1, 0.15) is 0 Å². The number of hydrogen-bond acceptors (Lipinski definition) is 7. The zero-order chi connectivity index (χ0) is 20.6. The van der Waals surface area contributed by atoms with Crippen molar-refractivity contribution in [3.05, 3.63) is 70.2 Å². The van der Waals surface area contributed by atoms with E-state index in [1.165, 1.54) is 22.0 Å². The van der Waals surface area contributed by atoms with Gasteiger partial charge in [-0.3, -0.25) is 4.79 Å². The lowest BCUT2D eigenvalue weighted by atomic mass is 10.1. The molecule has 29 heavy (non-hydrogen) atoms. The smallest absolute Gasteiger partial charge is 0.264 e. The van der Waals surface area contributed by atoms with E-state index in [1.807, 2.05) is 49.4 Å². The molecule has 0 fully saturated rings. The maximum Gasteiger partial charge on any atom is 0.264 e. The molecule has 0 aliphatic carbocycles. The molecule has 1 amide bonds. The Bertz CT molecular complexity index is 1000. The first-order valence-corrected chi connectivity index (χ1v) is 10.1. The Labute approximate surface area is 177 Å². The molecule has 0 saturated heterocycles. The Morgan fingerprint density at radius 1 is 1.24 bits per heavy atom. The van der Waals surface area contributed by atoms with Gasteiger partial charge in [0.05, 0.1) is 12.0 Å². The predicted octanol–water partition coefficient (Wildman–Crippen LogP) is 2.81. The van der Waals surface area contributed by atoms with Crippen LogP contribution in [0.2, 0.25) is 5.02 Å². The van der Waals surface area contributed by atoms with Crippen LogP contribution in [0.25, 0.3) is 0 Å². The number of hydrogen-bond donors (Lipinski definition) is 3. The molecule has 1 heterocycles. The number of carbonyl (C=O) groups excluding carboxylic acids is 1. The van der Waals surface area contributed by atoms with Gasteiger partial charge in [0, 0.05) is 17.1 Å². The highest BCUT2D eigenvalue weighted by Gasteiger charge is 2.12. The highest BCUT2D eigenvalue weighted by atomic mass is 35.5. The Kier molecular flexibility index (Phi) is 7.09. The molecule has 3 rings (SSSR count). The monoisotopic (exact) mass is 429 g/mol. The minimum atomic E-state index is -0.121. The lowest BCUT2D eigenvalue weighted by molar-refractivity contribution is -0.118. The van der Waals surface area contributed by atoms with E-state index in [4.69, 9.17) is 17.4 Å². The van der Waals surface area contributed by atoms with Crippen molar-refractivity contribution in [2.24, 2.45) is 5.10 Å². The second kappa shape index (κ2) is 9.94. The summed E-state index contributed by atoms with van der Waals surface area (Å²) in [5, 5.41) is 15.8. The Morgan fingerprint density at radius 2 is 2.00 bits per heavy atom. The predicted molar refractivity (Wildman–Crippen MR) is 117 cm³/mol. The first-order chi connectivity index (χ1) is 14.0. The number of nitrogens with zero attached hydrogens (tertiary/aromatic N) is 4. The van der Waals surface area contributed by atoms with Crippen LogP contribution in [0.4, 0.5) is 5.95 Å². The number of hydrazone groups is 1. The van der Waals surface area contributed by atoms with Crippen molar-refractivity contribution in [3.8, 4) is 0 Å². The molecule has 10 heteroatoms. The van der Waals surface area contributed by atoms with Crippen LogP contribution in [0, 0.1) is 6.92 Å². The molecule has 0 unspecified atom stereocenters. The fourth-order valence-electron chi connectivity index (χ4n) is 2.28. The third-order valence-corrected chi connectivity index (χ3v) is 5.17. The van der Waals surface area contributed by atoms with Crippen molar-refractivity contribution in [2.75, 3.05) is 17.0 Å². The van der Waals surface area contributed by atoms with Gasteiger partial charge in [-0.2, -0.15) is 5.10 Å². The number of amides is 1. The number of nitrogens with one attached hydrogen (secondary N) is 2. The first kappa shape index (κ1) is 20.7. The van der Waals surface area contributed by atoms with Crippen molar-refractivity contribution in [1.29, 1.82) is 0 Å². The zero-order valence-corrected chi connectivity index (χ0v) is 17.2. The van der Waals surface area contributed by atoms with Crippen LogP contribution in [0.3, 0.4) is 0 Å². The van der Waals surface area contributed by atoms with E-state index in [0.717, 1.165) is 11.1 Å². The number of nitrogen functional groups attached to an aromatic ring is 1. The number of benzene rings is 2. The van der Waals surface area contributed by atoms with E-state index in [-0.39, 0.29) is 17.6 Å². The summed E-state index contributed by atoms with van der Waals surface area (Å²) >= 11 is 7.25. The number of aromatic nitrogens is 3. The fraction of sp³-hybridized carbons (Fsp3) is 0.158. The summed E-state index contributed by atoms with van der Waals surface area (Å²) in [7, 11) is 0. The highest BCUT2D eigenvalue weighted by molar-refractivity contribution is 7.99. The van der Waals surface area contributed by atoms with Gasteiger partial charge in [-0.25, -0.2) is 10.1 Å². The molecule has 4 N–H and O–H groups in total. The van der Waals surface area contributed by atoms with Crippen LogP contribution in [0.5, 0.6) is 0 Å². The zero-order valence-electron chi connectivity index (χ0n) is 15.7. The minimum absolute atomic E-state index is 0.121. The first-order valence-electron chi connectivity index (χ1n) is 8.72. The van der Waals surface area contributed by atoms with Crippen molar-refractivity contribution in [2.45, 2.75) is 18.6 Å². The van der Waals surface area contributed by atoms with Crippen LogP contribution in [0.1, 0.15) is 16.7 Å².